The van der Waals surface area contributed by atoms with Crippen LogP contribution in [0.3, 0.4) is 0 Å². The highest BCUT2D eigenvalue weighted by Gasteiger charge is 2.32. The van der Waals surface area contributed by atoms with Gasteiger partial charge in [-0.1, -0.05) is 0 Å². The van der Waals surface area contributed by atoms with Crippen LogP contribution in [0.25, 0.3) is 0 Å². The van der Waals surface area contributed by atoms with Crippen LogP contribution in [0.1, 0.15) is 52.8 Å². The molecule has 0 aliphatic carbocycles. The van der Waals surface area contributed by atoms with Crippen molar-refractivity contribution in [2.24, 2.45) is 0 Å². The molecular formula is C22H29F2N3O4. The normalized spacial score (nSPS) is 12.5. The van der Waals surface area contributed by atoms with Crippen molar-refractivity contribution in [3.8, 4) is 0 Å². The van der Waals surface area contributed by atoms with Gasteiger partial charge in [-0.25, -0.2) is 8.78 Å². The number of aliphatic hydroxyl groups is 2. The molecule has 9 heteroatoms. The Kier molecular flexibility index (Phi) is 7.56. The summed E-state index contributed by atoms with van der Waals surface area (Å²) in [6.07, 6.45) is -1.68. The topological polar surface area (TPSA) is 104 Å². The van der Waals surface area contributed by atoms with Crippen molar-refractivity contribution in [1.29, 1.82) is 0 Å². The van der Waals surface area contributed by atoms with E-state index >= 15 is 0 Å². The molecule has 0 saturated heterocycles. The standard InChI is InChI=1S/C22H29F2N3O4/c1-12-10-15(6-7-16(12)24)25-20(30)17-13(2)18(27(9-8-23)14(17)3)19(29)21(31)26-22(4,5)11-28/h6-7,10,19,28-29H,8-9,11H2,1-5H3,(H,25,30)(H,26,31). The number of aliphatic hydroxyl groups excluding tert-OH is 2. The molecule has 2 rings (SSSR count). The fraction of sp³-hybridized carbons (Fsp3) is 0.455. The van der Waals surface area contributed by atoms with Crippen molar-refractivity contribution in [2.75, 3.05) is 18.6 Å². The van der Waals surface area contributed by atoms with Crippen molar-refractivity contribution in [3.05, 3.63) is 52.1 Å². The predicted molar refractivity (Wildman–Crippen MR) is 113 cm³/mol. The molecule has 0 aliphatic rings. The molecule has 0 aliphatic heterocycles. The monoisotopic (exact) mass is 437 g/mol. The number of anilines is 1. The second-order valence-electron chi connectivity index (χ2n) is 8.16. The van der Waals surface area contributed by atoms with Crippen LogP contribution < -0.4 is 10.6 Å². The first-order valence-electron chi connectivity index (χ1n) is 9.87. The summed E-state index contributed by atoms with van der Waals surface area (Å²) < 4.78 is 28.1. The van der Waals surface area contributed by atoms with E-state index in [4.69, 9.17) is 0 Å². The first kappa shape index (κ1) is 24.5. The van der Waals surface area contributed by atoms with Crippen LogP contribution in [0.15, 0.2) is 18.2 Å². The van der Waals surface area contributed by atoms with Crippen molar-refractivity contribution < 1.29 is 28.6 Å². The third-order valence-electron chi connectivity index (χ3n) is 5.13. The number of halogens is 2. The lowest BCUT2D eigenvalue weighted by atomic mass is 10.0. The van der Waals surface area contributed by atoms with Gasteiger partial charge in [0.25, 0.3) is 11.8 Å². The Morgan fingerprint density at radius 1 is 1.23 bits per heavy atom. The summed E-state index contributed by atoms with van der Waals surface area (Å²) in [5, 5.41) is 25.3. The second-order valence-corrected chi connectivity index (χ2v) is 8.16. The van der Waals surface area contributed by atoms with E-state index in [0.717, 1.165) is 0 Å². The van der Waals surface area contributed by atoms with Gasteiger partial charge in [0, 0.05) is 11.4 Å². The lowest BCUT2D eigenvalue weighted by Crippen LogP contribution is -2.48. The Balaban J connectivity index is 2.44. The summed E-state index contributed by atoms with van der Waals surface area (Å²) in [6, 6.07) is 4.14. The first-order valence-corrected chi connectivity index (χ1v) is 9.87. The van der Waals surface area contributed by atoms with Gasteiger partial charge in [0.15, 0.2) is 6.10 Å². The molecule has 0 bridgehead atoms. The second kappa shape index (κ2) is 9.57. The zero-order valence-corrected chi connectivity index (χ0v) is 18.3. The molecule has 1 aromatic heterocycles. The van der Waals surface area contributed by atoms with Gasteiger partial charge < -0.3 is 25.4 Å². The molecule has 2 aromatic rings. The lowest BCUT2D eigenvalue weighted by Gasteiger charge is -2.26. The Hall–Kier alpha value is -2.78. The van der Waals surface area contributed by atoms with E-state index in [-0.39, 0.29) is 24.4 Å². The molecule has 31 heavy (non-hydrogen) atoms. The fourth-order valence-electron chi connectivity index (χ4n) is 3.46. The molecule has 1 heterocycles. The highest BCUT2D eigenvalue weighted by atomic mass is 19.1. The van der Waals surface area contributed by atoms with E-state index in [1.165, 1.54) is 22.8 Å². The summed E-state index contributed by atoms with van der Waals surface area (Å²) in [7, 11) is 0. The first-order chi connectivity index (χ1) is 14.4. The van der Waals surface area contributed by atoms with Crippen LogP contribution in [0.4, 0.5) is 14.5 Å². The largest absolute Gasteiger partial charge is 0.394 e. The molecular weight excluding hydrogens is 408 g/mol. The number of carbonyl (C=O) groups excluding carboxylic acids is 2. The van der Waals surface area contributed by atoms with E-state index in [2.05, 4.69) is 10.6 Å². The quantitative estimate of drug-likeness (QED) is 0.510. The average molecular weight is 437 g/mol. The van der Waals surface area contributed by atoms with Crippen molar-refractivity contribution in [3.63, 3.8) is 0 Å². The van der Waals surface area contributed by atoms with E-state index in [9.17, 15) is 28.6 Å². The third-order valence-corrected chi connectivity index (χ3v) is 5.13. The van der Waals surface area contributed by atoms with Gasteiger partial charge in [0.1, 0.15) is 12.5 Å². The number of aryl methyl sites for hydroxylation is 1. The molecule has 170 valence electrons. The molecule has 7 nitrogen and oxygen atoms in total. The minimum Gasteiger partial charge on any atom is -0.394 e. The molecule has 2 amide bonds. The average Bonchev–Trinajstić information content (AvgIpc) is 2.94. The van der Waals surface area contributed by atoms with Gasteiger partial charge in [-0.15, -0.1) is 0 Å². The smallest absolute Gasteiger partial charge is 0.257 e. The van der Waals surface area contributed by atoms with Crippen LogP contribution in [0.5, 0.6) is 0 Å². The maximum Gasteiger partial charge on any atom is 0.257 e. The Morgan fingerprint density at radius 3 is 2.42 bits per heavy atom. The number of hydrogen-bond acceptors (Lipinski definition) is 4. The summed E-state index contributed by atoms with van der Waals surface area (Å²) in [5.41, 5.74) is 0.770. The number of amides is 2. The maximum absolute atomic E-state index is 13.5. The number of nitrogens with one attached hydrogen (secondary N) is 2. The minimum absolute atomic E-state index is 0.0989. The number of hydrogen-bond donors (Lipinski definition) is 4. The van der Waals surface area contributed by atoms with Gasteiger partial charge in [-0.3, -0.25) is 9.59 Å². The minimum atomic E-state index is -1.68. The van der Waals surface area contributed by atoms with Crippen molar-refractivity contribution >= 4 is 17.5 Å². The lowest BCUT2D eigenvalue weighted by molar-refractivity contribution is -0.132. The summed E-state index contributed by atoms with van der Waals surface area (Å²) >= 11 is 0. The molecule has 0 radical (unpaired) electrons. The van der Waals surface area contributed by atoms with Crippen LogP contribution in [-0.2, 0) is 11.3 Å². The highest BCUT2D eigenvalue weighted by Crippen LogP contribution is 2.29. The third kappa shape index (κ3) is 5.29. The van der Waals surface area contributed by atoms with E-state index < -0.39 is 35.9 Å². The van der Waals surface area contributed by atoms with Gasteiger partial charge in [-0.2, -0.15) is 0 Å². The van der Waals surface area contributed by atoms with Gasteiger partial charge >= 0.3 is 0 Å². The summed E-state index contributed by atoms with van der Waals surface area (Å²) in [6.45, 7) is 6.63. The molecule has 1 atom stereocenters. The zero-order valence-electron chi connectivity index (χ0n) is 18.3. The van der Waals surface area contributed by atoms with Crippen LogP contribution in [0.2, 0.25) is 0 Å². The van der Waals surface area contributed by atoms with Crippen molar-refractivity contribution in [1.82, 2.24) is 9.88 Å². The summed E-state index contributed by atoms with van der Waals surface area (Å²) in [5.74, 6) is -1.70. The Morgan fingerprint density at radius 2 is 1.87 bits per heavy atom. The number of benzene rings is 1. The molecule has 0 saturated carbocycles. The van der Waals surface area contributed by atoms with Gasteiger partial charge in [0.2, 0.25) is 0 Å². The Bertz CT molecular complexity index is 986. The Labute approximate surface area is 180 Å². The predicted octanol–water partition coefficient (Wildman–Crippen LogP) is 2.69. The summed E-state index contributed by atoms with van der Waals surface area (Å²) in [4.78, 5) is 25.5. The van der Waals surface area contributed by atoms with E-state index in [1.54, 1.807) is 34.6 Å². The molecule has 1 unspecified atom stereocenters. The molecule has 0 fully saturated rings. The van der Waals surface area contributed by atoms with Gasteiger partial charge in [0.05, 0.1) is 29.9 Å². The highest BCUT2D eigenvalue weighted by molar-refractivity contribution is 6.06. The van der Waals surface area contributed by atoms with Crippen molar-refractivity contribution in [2.45, 2.75) is 52.8 Å². The van der Waals surface area contributed by atoms with Crippen LogP contribution >= 0.6 is 0 Å². The zero-order chi connectivity index (χ0) is 23.5. The number of carbonyl (C=O) groups is 2. The number of nitrogens with zero attached hydrogens (tertiary/aromatic N) is 1. The number of rotatable bonds is 8. The fourth-order valence-corrected chi connectivity index (χ4v) is 3.46. The molecule has 1 aromatic carbocycles. The molecule has 0 spiro atoms. The number of aromatic nitrogens is 1. The van der Waals surface area contributed by atoms with Gasteiger partial charge in [-0.05, 0) is 63.9 Å². The van der Waals surface area contributed by atoms with Crippen LogP contribution in [0, 0.1) is 26.6 Å². The van der Waals surface area contributed by atoms with Crippen LogP contribution in [-0.4, -0.2) is 45.4 Å². The number of alkyl halides is 1. The maximum atomic E-state index is 13.5. The molecule has 4 N–H and O–H groups in total. The SMILES string of the molecule is Cc1cc(NC(=O)c2c(C)c(C(O)C(=O)NC(C)(C)CO)n(CCF)c2C)ccc1F. The van der Waals surface area contributed by atoms with E-state index in [1.807, 2.05) is 0 Å². The van der Waals surface area contributed by atoms with E-state index in [0.29, 0.717) is 22.5 Å².